The van der Waals surface area contributed by atoms with Crippen LogP contribution in [0.1, 0.15) is 41.0 Å². The van der Waals surface area contributed by atoms with Crippen molar-refractivity contribution >= 4 is 29.1 Å². The Morgan fingerprint density at radius 1 is 1.11 bits per heavy atom. The summed E-state index contributed by atoms with van der Waals surface area (Å²) in [6.45, 7) is 4.32. The average molecular weight is 403 g/mol. The summed E-state index contributed by atoms with van der Waals surface area (Å²) in [5, 5.41) is 1.68. The fraction of sp³-hybridized carbons (Fsp3) is 0.350. The summed E-state index contributed by atoms with van der Waals surface area (Å²) >= 11 is 1.33. The summed E-state index contributed by atoms with van der Waals surface area (Å²) in [5.74, 6) is -0.0493. The zero-order valence-corrected chi connectivity index (χ0v) is 16.8. The molecule has 0 radical (unpaired) electrons. The summed E-state index contributed by atoms with van der Waals surface area (Å²) in [7, 11) is 1.56. The normalized spacial score (nSPS) is 12.9. The molecule has 1 aliphatic rings. The molecule has 0 N–H and O–H groups in total. The summed E-state index contributed by atoms with van der Waals surface area (Å²) < 4.78 is 15.8. The maximum Gasteiger partial charge on any atom is 0.307 e. The van der Waals surface area contributed by atoms with Crippen LogP contribution in [-0.2, 0) is 9.53 Å². The van der Waals surface area contributed by atoms with Crippen molar-refractivity contribution < 1.29 is 28.6 Å². The minimum atomic E-state index is -0.436. The Labute approximate surface area is 166 Å². The molecule has 0 bridgehead atoms. The zero-order valence-electron chi connectivity index (χ0n) is 15.9. The first-order valence-electron chi connectivity index (χ1n) is 8.96. The number of amides is 2. The van der Waals surface area contributed by atoms with E-state index in [1.807, 2.05) is 13.0 Å². The predicted octanol–water partition coefficient (Wildman–Crippen LogP) is 3.37. The third-order valence-electron chi connectivity index (χ3n) is 4.30. The van der Waals surface area contributed by atoms with Gasteiger partial charge in [0.05, 0.1) is 37.9 Å². The highest BCUT2D eigenvalue weighted by Gasteiger charge is 2.39. The number of benzene rings is 1. The maximum absolute atomic E-state index is 12.9. The van der Waals surface area contributed by atoms with Crippen molar-refractivity contribution in [3.05, 3.63) is 34.7 Å². The maximum atomic E-state index is 12.9. The van der Waals surface area contributed by atoms with Crippen molar-refractivity contribution in [3.8, 4) is 21.9 Å². The number of thiophene rings is 1. The number of hydrogen-bond acceptors (Lipinski definition) is 7. The van der Waals surface area contributed by atoms with Crippen LogP contribution in [-0.4, -0.2) is 49.6 Å². The second-order valence-corrected chi connectivity index (χ2v) is 6.85. The summed E-state index contributed by atoms with van der Waals surface area (Å²) in [4.78, 5) is 38.8. The molecule has 148 valence electrons. The van der Waals surface area contributed by atoms with Crippen molar-refractivity contribution in [2.75, 3.05) is 26.9 Å². The molecular weight excluding hydrogens is 382 g/mol. The van der Waals surface area contributed by atoms with Crippen LogP contribution in [0, 0.1) is 0 Å². The number of imide groups is 1. The van der Waals surface area contributed by atoms with E-state index >= 15 is 0 Å². The molecule has 0 unspecified atom stereocenters. The lowest BCUT2D eigenvalue weighted by Crippen LogP contribution is -2.32. The number of carbonyl (C=O) groups excluding carboxylic acids is 3. The van der Waals surface area contributed by atoms with Crippen molar-refractivity contribution in [2.24, 2.45) is 0 Å². The Kier molecular flexibility index (Phi) is 5.99. The molecular formula is C20H21NO6S. The van der Waals surface area contributed by atoms with E-state index in [1.54, 1.807) is 31.5 Å². The van der Waals surface area contributed by atoms with Crippen molar-refractivity contribution in [1.29, 1.82) is 0 Å². The van der Waals surface area contributed by atoms with E-state index in [9.17, 15) is 14.4 Å². The molecule has 28 heavy (non-hydrogen) atoms. The van der Waals surface area contributed by atoms with Crippen LogP contribution < -0.4 is 9.47 Å². The third kappa shape index (κ3) is 3.60. The van der Waals surface area contributed by atoms with E-state index in [0.717, 1.165) is 10.5 Å². The Balaban J connectivity index is 1.89. The first kappa shape index (κ1) is 19.9. The molecule has 3 rings (SSSR count). The number of ether oxygens (including phenoxy) is 3. The molecule has 0 aliphatic carbocycles. The number of hydrogen-bond donors (Lipinski definition) is 0. The fourth-order valence-electron chi connectivity index (χ4n) is 3.04. The zero-order chi connectivity index (χ0) is 20.3. The predicted molar refractivity (Wildman–Crippen MR) is 104 cm³/mol. The van der Waals surface area contributed by atoms with Gasteiger partial charge in [0, 0.05) is 16.8 Å². The van der Waals surface area contributed by atoms with Crippen LogP contribution in [0.3, 0.4) is 0 Å². The molecule has 2 amide bonds. The van der Waals surface area contributed by atoms with Crippen molar-refractivity contribution in [2.45, 2.75) is 20.3 Å². The third-order valence-corrected chi connectivity index (χ3v) is 5.33. The molecule has 1 aliphatic heterocycles. The van der Waals surface area contributed by atoms with Crippen LogP contribution >= 0.6 is 11.3 Å². The van der Waals surface area contributed by atoms with Crippen molar-refractivity contribution in [3.63, 3.8) is 0 Å². The topological polar surface area (TPSA) is 82.1 Å². The number of rotatable bonds is 8. The van der Waals surface area contributed by atoms with Crippen molar-refractivity contribution in [1.82, 2.24) is 4.90 Å². The second kappa shape index (κ2) is 8.43. The van der Waals surface area contributed by atoms with E-state index in [4.69, 9.17) is 14.2 Å². The standard InChI is InChI=1S/C20H21NO6S/c1-4-26-15-10-12(6-7-14(15)25-3)18-17-13(11-28-18)19(23)21(20(17)24)9-8-16(22)27-5-2/h6-7,10-11H,4-5,8-9H2,1-3H3. The molecule has 1 aromatic heterocycles. The Hall–Kier alpha value is -2.87. The van der Waals surface area contributed by atoms with Gasteiger partial charge in [0.25, 0.3) is 11.8 Å². The van der Waals surface area contributed by atoms with Gasteiger partial charge >= 0.3 is 5.97 Å². The van der Waals surface area contributed by atoms with Gasteiger partial charge in [-0.05, 0) is 37.6 Å². The quantitative estimate of drug-likeness (QED) is 0.496. The van der Waals surface area contributed by atoms with Crippen LogP contribution in [0.5, 0.6) is 11.5 Å². The van der Waals surface area contributed by atoms with Gasteiger partial charge in [-0.3, -0.25) is 19.3 Å². The molecule has 8 heteroatoms. The lowest BCUT2D eigenvalue weighted by molar-refractivity contribution is -0.143. The van der Waals surface area contributed by atoms with E-state index in [0.29, 0.717) is 34.1 Å². The molecule has 0 fully saturated rings. The molecule has 0 saturated carbocycles. The van der Waals surface area contributed by atoms with Gasteiger partial charge in [-0.15, -0.1) is 11.3 Å². The van der Waals surface area contributed by atoms with E-state index in [1.165, 1.54) is 11.3 Å². The van der Waals surface area contributed by atoms with Crippen LogP contribution in [0.25, 0.3) is 10.4 Å². The van der Waals surface area contributed by atoms with E-state index in [2.05, 4.69) is 0 Å². The number of nitrogens with zero attached hydrogens (tertiary/aromatic N) is 1. The lowest BCUT2D eigenvalue weighted by atomic mass is 10.1. The highest BCUT2D eigenvalue weighted by Crippen LogP contribution is 2.41. The first-order valence-corrected chi connectivity index (χ1v) is 9.84. The molecule has 2 heterocycles. The highest BCUT2D eigenvalue weighted by atomic mass is 32.1. The number of carbonyl (C=O) groups is 3. The number of fused-ring (bicyclic) bond motifs is 1. The van der Waals surface area contributed by atoms with Gasteiger partial charge in [-0.2, -0.15) is 0 Å². The average Bonchev–Trinajstić information content (AvgIpc) is 3.21. The first-order chi connectivity index (χ1) is 13.5. The fourth-order valence-corrected chi connectivity index (χ4v) is 4.07. The molecule has 0 spiro atoms. The second-order valence-electron chi connectivity index (χ2n) is 5.97. The summed E-state index contributed by atoms with van der Waals surface area (Å²) in [6, 6.07) is 5.40. The lowest BCUT2D eigenvalue weighted by Gasteiger charge is -2.14. The SMILES string of the molecule is CCOC(=O)CCN1C(=O)c2csc(-c3ccc(OC)c(OCC)c3)c2C1=O. The molecule has 0 saturated heterocycles. The largest absolute Gasteiger partial charge is 0.493 e. The molecule has 7 nitrogen and oxygen atoms in total. The minimum Gasteiger partial charge on any atom is -0.493 e. The number of methoxy groups -OCH3 is 1. The highest BCUT2D eigenvalue weighted by molar-refractivity contribution is 7.14. The smallest absolute Gasteiger partial charge is 0.307 e. The van der Waals surface area contributed by atoms with E-state index < -0.39 is 11.9 Å². The van der Waals surface area contributed by atoms with E-state index in [-0.39, 0.29) is 25.5 Å². The molecule has 0 atom stereocenters. The monoisotopic (exact) mass is 403 g/mol. The van der Waals surface area contributed by atoms with Crippen LogP contribution in [0.15, 0.2) is 23.6 Å². The van der Waals surface area contributed by atoms with Crippen LogP contribution in [0.2, 0.25) is 0 Å². The van der Waals surface area contributed by atoms with Gasteiger partial charge in [-0.1, -0.05) is 0 Å². The Bertz CT molecular complexity index is 919. The summed E-state index contributed by atoms with van der Waals surface area (Å²) in [5.41, 5.74) is 1.50. The molecule has 1 aromatic carbocycles. The minimum absolute atomic E-state index is 0.00208. The van der Waals surface area contributed by atoms with Gasteiger partial charge in [0.2, 0.25) is 0 Å². The number of esters is 1. The Morgan fingerprint density at radius 3 is 2.57 bits per heavy atom. The van der Waals surface area contributed by atoms with Gasteiger partial charge in [0.15, 0.2) is 11.5 Å². The van der Waals surface area contributed by atoms with Gasteiger partial charge in [-0.25, -0.2) is 0 Å². The Morgan fingerprint density at radius 2 is 1.89 bits per heavy atom. The molecule has 2 aromatic rings. The van der Waals surface area contributed by atoms with Gasteiger partial charge < -0.3 is 14.2 Å². The van der Waals surface area contributed by atoms with Gasteiger partial charge in [0.1, 0.15) is 0 Å². The van der Waals surface area contributed by atoms with Crippen LogP contribution in [0.4, 0.5) is 0 Å². The summed E-state index contributed by atoms with van der Waals surface area (Å²) in [6.07, 6.45) is -0.0224.